The fourth-order valence-electron chi connectivity index (χ4n) is 1.26. The Kier molecular flexibility index (Phi) is 3.70. The van der Waals surface area contributed by atoms with Crippen LogP contribution in [0.5, 0.6) is 0 Å². The maximum atomic E-state index is 5.91. The summed E-state index contributed by atoms with van der Waals surface area (Å²) in [7, 11) is 0. The lowest BCUT2D eigenvalue weighted by atomic mass is 10.2. The predicted molar refractivity (Wildman–Crippen MR) is 69.7 cm³/mol. The molecule has 2 N–H and O–H groups in total. The van der Waals surface area contributed by atoms with Crippen molar-refractivity contribution in [2.24, 2.45) is 0 Å². The van der Waals surface area contributed by atoms with Gasteiger partial charge in [0.2, 0.25) is 0 Å². The van der Waals surface area contributed by atoms with E-state index in [2.05, 4.69) is 11.1 Å². The van der Waals surface area contributed by atoms with E-state index in [1.165, 1.54) is 5.56 Å². The van der Waals surface area contributed by atoms with Gasteiger partial charge in [0.25, 0.3) is 0 Å². The average Bonchev–Trinajstić information content (AvgIpc) is 2.28. The lowest BCUT2D eigenvalue weighted by Crippen LogP contribution is -1.87. The Balaban J connectivity index is 1.99. The summed E-state index contributed by atoms with van der Waals surface area (Å²) in [6, 6.07) is 11.6. The first-order chi connectivity index (χ1) is 7.74. The minimum atomic E-state index is 0.687. The van der Waals surface area contributed by atoms with Gasteiger partial charge in [0, 0.05) is 10.8 Å². The number of nitrogens with zero attached hydrogens (tertiary/aromatic N) is 1. The van der Waals surface area contributed by atoms with Crippen molar-refractivity contribution in [1.82, 2.24) is 4.98 Å². The van der Waals surface area contributed by atoms with Gasteiger partial charge in [-0.3, -0.25) is 0 Å². The Morgan fingerprint density at radius 2 is 2.12 bits per heavy atom. The van der Waals surface area contributed by atoms with Gasteiger partial charge in [0.15, 0.2) is 0 Å². The zero-order chi connectivity index (χ0) is 11.4. The second kappa shape index (κ2) is 5.23. The zero-order valence-electron chi connectivity index (χ0n) is 8.56. The molecule has 0 aliphatic heterocycles. The summed E-state index contributed by atoms with van der Waals surface area (Å²) in [6.45, 7) is 0. The number of hydrogen-bond acceptors (Lipinski definition) is 3. The molecule has 1 aromatic carbocycles. The van der Waals surface area contributed by atoms with Crippen LogP contribution in [0, 0.1) is 0 Å². The van der Waals surface area contributed by atoms with Crippen LogP contribution >= 0.6 is 23.4 Å². The van der Waals surface area contributed by atoms with E-state index >= 15 is 0 Å². The minimum absolute atomic E-state index is 0.687. The zero-order valence-corrected chi connectivity index (χ0v) is 10.1. The van der Waals surface area contributed by atoms with E-state index < -0.39 is 0 Å². The van der Waals surface area contributed by atoms with Crippen molar-refractivity contribution in [2.45, 2.75) is 10.8 Å². The van der Waals surface area contributed by atoms with E-state index in [9.17, 15) is 0 Å². The van der Waals surface area contributed by atoms with E-state index in [0.29, 0.717) is 5.69 Å². The summed E-state index contributed by atoms with van der Waals surface area (Å²) in [5.74, 6) is 0.859. The fraction of sp³-hybridized carbons (Fsp3) is 0.0833. The van der Waals surface area contributed by atoms with Crippen molar-refractivity contribution in [3.05, 3.63) is 53.2 Å². The number of nitrogens with two attached hydrogens (primary N) is 1. The number of pyridine rings is 1. The standard InChI is InChI=1S/C12H11ClN2S/c13-10-3-1-2-9(6-10)8-16-12-5-4-11(14)7-15-12/h1-7H,8,14H2. The highest BCUT2D eigenvalue weighted by atomic mass is 35.5. The molecule has 2 rings (SSSR count). The topological polar surface area (TPSA) is 38.9 Å². The van der Waals surface area contributed by atoms with Crippen LogP contribution in [-0.2, 0) is 5.75 Å². The lowest BCUT2D eigenvalue weighted by molar-refractivity contribution is 1.13. The molecule has 82 valence electrons. The first-order valence-electron chi connectivity index (χ1n) is 4.83. The Labute approximate surface area is 104 Å². The van der Waals surface area contributed by atoms with Gasteiger partial charge >= 0.3 is 0 Å². The highest BCUT2D eigenvalue weighted by molar-refractivity contribution is 7.98. The first-order valence-corrected chi connectivity index (χ1v) is 6.19. The van der Waals surface area contributed by atoms with Gasteiger partial charge in [-0.15, -0.1) is 11.8 Å². The summed E-state index contributed by atoms with van der Waals surface area (Å²) in [6.07, 6.45) is 1.67. The van der Waals surface area contributed by atoms with Crippen LogP contribution in [0.15, 0.2) is 47.6 Å². The van der Waals surface area contributed by atoms with E-state index in [0.717, 1.165) is 15.8 Å². The van der Waals surface area contributed by atoms with Crippen LogP contribution in [0.25, 0.3) is 0 Å². The van der Waals surface area contributed by atoms with Crippen LogP contribution in [-0.4, -0.2) is 4.98 Å². The Hall–Kier alpha value is -1.19. The lowest BCUT2D eigenvalue weighted by Gasteiger charge is -2.02. The summed E-state index contributed by atoms with van der Waals surface area (Å²) in [5, 5.41) is 1.73. The summed E-state index contributed by atoms with van der Waals surface area (Å²) in [4.78, 5) is 4.22. The molecule has 0 amide bonds. The molecular formula is C12H11ClN2S. The van der Waals surface area contributed by atoms with Gasteiger partial charge in [-0.25, -0.2) is 4.98 Å². The third kappa shape index (κ3) is 3.15. The van der Waals surface area contributed by atoms with Gasteiger partial charge in [0.05, 0.1) is 16.9 Å². The molecule has 0 aliphatic rings. The molecular weight excluding hydrogens is 240 g/mol. The van der Waals surface area contributed by atoms with Gasteiger partial charge in [-0.1, -0.05) is 23.7 Å². The smallest absolute Gasteiger partial charge is 0.0964 e. The number of thioether (sulfide) groups is 1. The van der Waals surface area contributed by atoms with Crippen LogP contribution in [0.2, 0.25) is 5.02 Å². The Bertz CT molecular complexity index is 471. The molecule has 0 fully saturated rings. The molecule has 1 heterocycles. The minimum Gasteiger partial charge on any atom is -0.397 e. The van der Waals surface area contributed by atoms with Crippen LogP contribution in [0.3, 0.4) is 0 Å². The highest BCUT2D eigenvalue weighted by Crippen LogP contribution is 2.22. The van der Waals surface area contributed by atoms with E-state index in [-0.39, 0.29) is 0 Å². The SMILES string of the molecule is Nc1ccc(SCc2cccc(Cl)c2)nc1. The fourth-order valence-corrected chi connectivity index (χ4v) is 2.26. The number of halogens is 1. The molecule has 0 aliphatic carbocycles. The van der Waals surface area contributed by atoms with Gasteiger partial charge in [-0.05, 0) is 29.8 Å². The number of hydrogen-bond donors (Lipinski definition) is 1. The van der Waals surface area contributed by atoms with E-state index in [4.69, 9.17) is 17.3 Å². The molecule has 1 aromatic heterocycles. The molecule has 4 heteroatoms. The number of benzene rings is 1. The highest BCUT2D eigenvalue weighted by Gasteiger charge is 1.98. The van der Waals surface area contributed by atoms with Crippen molar-refractivity contribution >= 4 is 29.1 Å². The maximum absolute atomic E-state index is 5.91. The van der Waals surface area contributed by atoms with Crippen molar-refractivity contribution in [2.75, 3.05) is 5.73 Å². The van der Waals surface area contributed by atoms with Crippen molar-refractivity contribution < 1.29 is 0 Å². The Morgan fingerprint density at radius 3 is 2.81 bits per heavy atom. The number of rotatable bonds is 3. The van der Waals surface area contributed by atoms with Crippen LogP contribution < -0.4 is 5.73 Å². The van der Waals surface area contributed by atoms with Crippen LogP contribution in [0.1, 0.15) is 5.56 Å². The summed E-state index contributed by atoms with van der Waals surface area (Å²) < 4.78 is 0. The molecule has 16 heavy (non-hydrogen) atoms. The van der Waals surface area contributed by atoms with E-state index in [1.54, 1.807) is 18.0 Å². The third-order valence-corrected chi connectivity index (χ3v) is 3.28. The van der Waals surface area contributed by atoms with Crippen molar-refractivity contribution in [1.29, 1.82) is 0 Å². The van der Waals surface area contributed by atoms with Gasteiger partial charge in [-0.2, -0.15) is 0 Å². The number of anilines is 1. The Morgan fingerprint density at radius 1 is 1.25 bits per heavy atom. The number of nitrogen functional groups attached to an aromatic ring is 1. The summed E-state index contributed by atoms with van der Waals surface area (Å²) in [5.41, 5.74) is 7.44. The van der Waals surface area contributed by atoms with Gasteiger partial charge < -0.3 is 5.73 Å². The van der Waals surface area contributed by atoms with Crippen molar-refractivity contribution in [3.63, 3.8) is 0 Å². The maximum Gasteiger partial charge on any atom is 0.0964 e. The molecule has 0 atom stereocenters. The number of aromatic nitrogens is 1. The molecule has 0 saturated heterocycles. The second-order valence-corrected chi connectivity index (χ2v) is 4.78. The van der Waals surface area contributed by atoms with E-state index in [1.807, 2.05) is 30.3 Å². The van der Waals surface area contributed by atoms with Gasteiger partial charge in [0.1, 0.15) is 0 Å². The molecule has 0 unspecified atom stereocenters. The third-order valence-electron chi connectivity index (χ3n) is 2.03. The monoisotopic (exact) mass is 250 g/mol. The molecule has 0 saturated carbocycles. The normalized spacial score (nSPS) is 10.3. The molecule has 0 radical (unpaired) electrons. The molecule has 2 aromatic rings. The predicted octanol–water partition coefficient (Wildman–Crippen LogP) is 3.61. The van der Waals surface area contributed by atoms with Crippen molar-refractivity contribution in [3.8, 4) is 0 Å². The molecule has 0 bridgehead atoms. The molecule has 2 nitrogen and oxygen atoms in total. The quantitative estimate of drug-likeness (QED) is 0.846. The molecule has 0 spiro atoms. The second-order valence-electron chi connectivity index (χ2n) is 3.35. The average molecular weight is 251 g/mol. The largest absolute Gasteiger partial charge is 0.397 e. The summed E-state index contributed by atoms with van der Waals surface area (Å²) >= 11 is 7.57. The first kappa shape index (κ1) is 11.3. The van der Waals surface area contributed by atoms with Crippen LogP contribution in [0.4, 0.5) is 5.69 Å².